The largest absolute Gasteiger partial charge is 0.480 e. The quantitative estimate of drug-likeness (QED) is 0.778. The predicted molar refractivity (Wildman–Crippen MR) is 69.4 cm³/mol. The van der Waals surface area contributed by atoms with Crippen molar-refractivity contribution in [3.63, 3.8) is 0 Å². The van der Waals surface area contributed by atoms with Crippen LogP contribution in [-0.4, -0.2) is 23.1 Å². The summed E-state index contributed by atoms with van der Waals surface area (Å²) in [7, 11) is 0. The topological polar surface area (TPSA) is 78.4 Å². The van der Waals surface area contributed by atoms with Gasteiger partial charge >= 0.3 is 12.0 Å². The number of carboxylic acids is 1. The molecular weight excluding hydrogens is 270 g/mol. The van der Waals surface area contributed by atoms with E-state index in [1.54, 1.807) is 13.8 Å². The van der Waals surface area contributed by atoms with Gasteiger partial charge in [0.05, 0.1) is 0 Å². The first-order valence-corrected chi connectivity index (χ1v) is 6.05. The van der Waals surface area contributed by atoms with Crippen molar-refractivity contribution >= 4 is 17.7 Å². The number of para-hydroxylation sites is 1. The summed E-state index contributed by atoms with van der Waals surface area (Å²) in [6.45, 7) is 3.60. The summed E-state index contributed by atoms with van der Waals surface area (Å²) in [5.74, 6) is -3.03. The Labute approximate surface area is 115 Å². The van der Waals surface area contributed by atoms with Gasteiger partial charge in [-0.15, -0.1) is 0 Å². The van der Waals surface area contributed by atoms with E-state index in [1.807, 2.05) is 5.32 Å². The van der Waals surface area contributed by atoms with E-state index in [-0.39, 0.29) is 12.3 Å². The molecule has 0 radical (unpaired) electrons. The minimum absolute atomic E-state index is 0.0431. The van der Waals surface area contributed by atoms with Gasteiger partial charge in [-0.2, -0.15) is 0 Å². The number of amides is 2. The third-order valence-corrected chi connectivity index (χ3v) is 2.51. The highest BCUT2D eigenvalue weighted by Crippen LogP contribution is 2.17. The molecule has 0 fully saturated rings. The van der Waals surface area contributed by atoms with Gasteiger partial charge in [0.2, 0.25) is 0 Å². The Bertz CT molecular complexity index is 486. The Kier molecular flexibility index (Phi) is 5.42. The van der Waals surface area contributed by atoms with Crippen molar-refractivity contribution in [2.45, 2.75) is 26.3 Å². The third-order valence-electron chi connectivity index (χ3n) is 2.51. The van der Waals surface area contributed by atoms with Crippen LogP contribution in [-0.2, 0) is 4.79 Å². The summed E-state index contributed by atoms with van der Waals surface area (Å²) in [6, 6.07) is 1.04. The smallest absolute Gasteiger partial charge is 0.326 e. The number of hydrogen-bond donors (Lipinski definition) is 3. The molecule has 110 valence electrons. The van der Waals surface area contributed by atoms with Crippen molar-refractivity contribution in [3.05, 3.63) is 29.8 Å². The first-order chi connectivity index (χ1) is 9.31. The second-order valence-corrected chi connectivity index (χ2v) is 4.72. The minimum atomic E-state index is -1.21. The van der Waals surface area contributed by atoms with E-state index in [0.29, 0.717) is 0 Å². The third kappa shape index (κ3) is 4.49. The van der Waals surface area contributed by atoms with Crippen molar-refractivity contribution in [1.29, 1.82) is 0 Å². The second-order valence-electron chi connectivity index (χ2n) is 4.72. The maximum Gasteiger partial charge on any atom is 0.326 e. The van der Waals surface area contributed by atoms with E-state index in [4.69, 9.17) is 5.11 Å². The van der Waals surface area contributed by atoms with E-state index >= 15 is 0 Å². The first-order valence-electron chi connectivity index (χ1n) is 6.05. The molecule has 1 atom stereocenters. The lowest BCUT2D eigenvalue weighted by Crippen LogP contribution is -2.43. The van der Waals surface area contributed by atoms with Crippen LogP contribution in [0.2, 0.25) is 0 Å². The maximum atomic E-state index is 13.3. The standard InChI is InChI=1S/C13H16F2N2O3/c1-7(2)6-10(12(18)19)16-13(20)17-11-8(14)4-3-5-9(11)15/h3-5,7,10H,6H2,1-2H3,(H,18,19)(H2,16,17,20)/t10-/m0/s1. The molecule has 1 aromatic carbocycles. The summed E-state index contributed by atoms with van der Waals surface area (Å²) in [4.78, 5) is 22.6. The van der Waals surface area contributed by atoms with Gasteiger partial charge in [0.15, 0.2) is 0 Å². The van der Waals surface area contributed by atoms with Crippen LogP contribution < -0.4 is 10.6 Å². The van der Waals surface area contributed by atoms with Gasteiger partial charge in [-0.05, 0) is 24.5 Å². The molecule has 7 heteroatoms. The Hall–Kier alpha value is -2.18. The van der Waals surface area contributed by atoms with Crippen LogP contribution in [0.25, 0.3) is 0 Å². The molecule has 0 aliphatic carbocycles. The van der Waals surface area contributed by atoms with Crippen LogP contribution in [0.4, 0.5) is 19.3 Å². The molecule has 0 spiro atoms. The van der Waals surface area contributed by atoms with Crippen molar-refractivity contribution in [1.82, 2.24) is 5.32 Å². The number of aliphatic carboxylic acids is 1. The zero-order valence-electron chi connectivity index (χ0n) is 11.1. The molecule has 5 nitrogen and oxygen atoms in total. The highest BCUT2D eigenvalue weighted by molar-refractivity contribution is 5.92. The van der Waals surface area contributed by atoms with Gasteiger partial charge in [-0.1, -0.05) is 19.9 Å². The SMILES string of the molecule is CC(C)C[C@H](NC(=O)Nc1c(F)cccc1F)C(=O)O. The van der Waals surface area contributed by atoms with Gasteiger partial charge in [0.1, 0.15) is 23.4 Å². The van der Waals surface area contributed by atoms with Crippen LogP contribution in [0.5, 0.6) is 0 Å². The number of nitrogens with one attached hydrogen (secondary N) is 2. The van der Waals surface area contributed by atoms with Crippen LogP contribution >= 0.6 is 0 Å². The van der Waals surface area contributed by atoms with Crippen LogP contribution in [0.1, 0.15) is 20.3 Å². The van der Waals surface area contributed by atoms with Crippen molar-refractivity contribution < 1.29 is 23.5 Å². The molecule has 0 aliphatic heterocycles. The fraction of sp³-hybridized carbons (Fsp3) is 0.385. The number of carboxylic acid groups (broad SMARTS) is 1. The molecule has 1 aromatic rings. The maximum absolute atomic E-state index is 13.3. The number of anilines is 1. The summed E-state index contributed by atoms with van der Waals surface area (Å²) < 4.78 is 26.6. The molecule has 0 unspecified atom stereocenters. The molecule has 3 N–H and O–H groups in total. The molecule has 0 aliphatic rings. The van der Waals surface area contributed by atoms with Crippen molar-refractivity contribution in [2.75, 3.05) is 5.32 Å². The van der Waals surface area contributed by atoms with E-state index < -0.39 is 35.4 Å². The number of halogens is 2. The number of rotatable bonds is 5. The molecule has 20 heavy (non-hydrogen) atoms. The van der Waals surface area contributed by atoms with E-state index in [2.05, 4.69) is 5.32 Å². The molecule has 0 saturated carbocycles. The lowest BCUT2D eigenvalue weighted by Gasteiger charge is -2.17. The Morgan fingerprint density at radius 1 is 1.25 bits per heavy atom. The lowest BCUT2D eigenvalue weighted by atomic mass is 10.0. The van der Waals surface area contributed by atoms with Crippen molar-refractivity contribution in [3.8, 4) is 0 Å². The van der Waals surface area contributed by atoms with Crippen LogP contribution in [0.3, 0.4) is 0 Å². The molecule has 0 heterocycles. The number of benzene rings is 1. The van der Waals surface area contributed by atoms with Crippen LogP contribution in [0, 0.1) is 17.6 Å². The summed E-state index contributed by atoms with van der Waals surface area (Å²) in [6.07, 6.45) is 0.211. The zero-order chi connectivity index (χ0) is 15.3. The van der Waals surface area contributed by atoms with Crippen molar-refractivity contribution in [2.24, 2.45) is 5.92 Å². The van der Waals surface area contributed by atoms with E-state index in [0.717, 1.165) is 18.2 Å². The van der Waals surface area contributed by atoms with Gasteiger partial charge < -0.3 is 15.7 Å². The van der Waals surface area contributed by atoms with Gasteiger partial charge in [-0.3, -0.25) is 0 Å². The van der Waals surface area contributed by atoms with E-state index in [1.165, 1.54) is 0 Å². The van der Waals surface area contributed by atoms with E-state index in [9.17, 15) is 18.4 Å². The number of carbonyl (C=O) groups is 2. The highest BCUT2D eigenvalue weighted by atomic mass is 19.1. The zero-order valence-corrected chi connectivity index (χ0v) is 11.1. The molecule has 2 amide bonds. The van der Waals surface area contributed by atoms with Gasteiger partial charge in [-0.25, -0.2) is 18.4 Å². The monoisotopic (exact) mass is 286 g/mol. The Balaban J connectivity index is 2.73. The Morgan fingerprint density at radius 3 is 2.25 bits per heavy atom. The normalized spacial score (nSPS) is 12.1. The molecule has 1 rings (SSSR count). The van der Waals surface area contributed by atoms with Gasteiger partial charge in [0, 0.05) is 0 Å². The minimum Gasteiger partial charge on any atom is -0.480 e. The lowest BCUT2D eigenvalue weighted by molar-refractivity contribution is -0.139. The summed E-state index contributed by atoms with van der Waals surface area (Å²) >= 11 is 0. The fourth-order valence-electron chi connectivity index (χ4n) is 1.62. The van der Waals surface area contributed by atoms with Crippen LogP contribution in [0.15, 0.2) is 18.2 Å². The summed E-state index contributed by atoms with van der Waals surface area (Å²) in [5, 5.41) is 13.1. The fourth-order valence-corrected chi connectivity index (χ4v) is 1.62. The predicted octanol–water partition coefficient (Wildman–Crippen LogP) is 2.59. The number of hydrogen-bond acceptors (Lipinski definition) is 2. The molecule has 0 bridgehead atoms. The summed E-state index contributed by atoms with van der Waals surface area (Å²) in [5.41, 5.74) is -0.612. The second kappa shape index (κ2) is 6.83. The molecular formula is C13H16F2N2O3. The highest BCUT2D eigenvalue weighted by Gasteiger charge is 2.22. The van der Waals surface area contributed by atoms with Gasteiger partial charge in [0.25, 0.3) is 0 Å². The molecule has 0 aromatic heterocycles. The Morgan fingerprint density at radius 2 is 1.80 bits per heavy atom. The number of urea groups is 1. The first kappa shape index (κ1) is 15.9. The average molecular weight is 286 g/mol. The number of carbonyl (C=O) groups excluding carboxylic acids is 1. The molecule has 0 saturated heterocycles. The average Bonchev–Trinajstić information content (AvgIpc) is 2.32.